The molecule has 1 fully saturated rings. The van der Waals surface area contributed by atoms with E-state index in [0.29, 0.717) is 18.5 Å². The number of alkyl carbamates (subject to hydrolysis) is 1. The molecule has 1 aliphatic rings. The molecule has 122 valence electrons. The summed E-state index contributed by atoms with van der Waals surface area (Å²) in [5.41, 5.74) is 1.07. The number of nitrogens with one attached hydrogen (secondary N) is 2. The van der Waals surface area contributed by atoms with Gasteiger partial charge in [-0.05, 0) is 26.5 Å². The summed E-state index contributed by atoms with van der Waals surface area (Å²) in [6, 6.07) is 10.3. The lowest BCUT2D eigenvalue weighted by molar-refractivity contribution is 0.0704. The van der Waals surface area contributed by atoms with E-state index in [2.05, 4.69) is 36.4 Å². The molecule has 1 saturated heterocycles. The number of carbonyl (C=O) groups excluding carboxylic acids is 1. The lowest BCUT2D eigenvalue weighted by atomic mass is 10.1. The SMILES string of the molecule is CC(C)N(C)C[C@@H]1CNCC1OC(=O)NCc1ccccc1. The summed E-state index contributed by atoms with van der Waals surface area (Å²) in [6.45, 7) is 7.40. The molecule has 5 heteroatoms. The second kappa shape index (κ2) is 8.15. The van der Waals surface area contributed by atoms with Crippen LogP contribution in [0.4, 0.5) is 4.79 Å². The van der Waals surface area contributed by atoms with E-state index in [1.165, 1.54) is 0 Å². The first kappa shape index (κ1) is 16.8. The molecule has 0 aromatic heterocycles. The van der Waals surface area contributed by atoms with Gasteiger partial charge in [-0.1, -0.05) is 30.3 Å². The highest BCUT2D eigenvalue weighted by molar-refractivity contribution is 5.67. The molecule has 2 atom stereocenters. The number of nitrogens with zero attached hydrogens (tertiary/aromatic N) is 1. The minimum Gasteiger partial charge on any atom is -0.444 e. The van der Waals surface area contributed by atoms with Gasteiger partial charge in [-0.2, -0.15) is 0 Å². The van der Waals surface area contributed by atoms with Crippen molar-refractivity contribution in [2.24, 2.45) is 5.92 Å². The van der Waals surface area contributed by atoms with E-state index in [9.17, 15) is 4.79 Å². The Labute approximate surface area is 133 Å². The Bertz CT molecular complexity index is 464. The first-order valence-corrected chi connectivity index (χ1v) is 7.95. The van der Waals surface area contributed by atoms with Crippen LogP contribution >= 0.6 is 0 Å². The van der Waals surface area contributed by atoms with E-state index in [1.807, 2.05) is 30.3 Å². The van der Waals surface area contributed by atoms with Crippen molar-refractivity contribution in [3.63, 3.8) is 0 Å². The minimum atomic E-state index is -0.338. The van der Waals surface area contributed by atoms with Crippen LogP contribution in [0.1, 0.15) is 19.4 Å². The van der Waals surface area contributed by atoms with Crippen molar-refractivity contribution >= 4 is 6.09 Å². The molecule has 0 spiro atoms. The first-order chi connectivity index (χ1) is 10.6. The zero-order valence-corrected chi connectivity index (χ0v) is 13.7. The average Bonchev–Trinajstić information content (AvgIpc) is 2.93. The lowest BCUT2D eigenvalue weighted by Crippen LogP contribution is -2.39. The topological polar surface area (TPSA) is 53.6 Å². The quantitative estimate of drug-likeness (QED) is 0.842. The maximum atomic E-state index is 12.0. The standard InChI is InChI=1S/C17H27N3O2/c1-13(2)20(3)12-15-10-18-11-16(15)22-17(21)19-9-14-7-5-4-6-8-14/h4-8,13,15-16,18H,9-12H2,1-3H3,(H,19,21)/t15-,16?/m0/s1. The summed E-state index contributed by atoms with van der Waals surface area (Å²) in [7, 11) is 2.11. The molecule has 1 aromatic carbocycles. The van der Waals surface area contributed by atoms with Gasteiger partial charge in [0, 0.05) is 38.1 Å². The Morgan fingerprint density at radius 2 is 2.09 bits per heavy atom. The second-order valence-corrected chi connectivity index (χ2v) is 6.23. The smallest absolute Gasteiger partial charge is 0.407 e. The Morgan fingerprint density at radius 1 is 1.36 bits per heavy atom. The molecule has 0 saturated carbocycles. The Hall–Kier alpha value is -1.59. The van der Waals surface area contributed by atoms with Gasteiger partial charge >= 0.3 is 6.09 Å². The largest absolute Gasteiger partial charge is 0.444 e. The molecule has 5 nitrogen and oxygen atoms in total. The fourth-order valence-corrected chi connectivity index (χ4v) is 2.56. The van der Waals surface area contributed by atoms with Gasteiger partial charge in [0.2, 0.25) is 0 Å². The van der Waals surface area contributed by atoms with Crippen LogP contribution in [-0.2, 0) is 11.3 Å². The van der Waals surface area contributed by atoms with E-state index >= 15 is 0 Å². The zero-order valence-electron chi connectivity index (χ0n) is 13.7. The molecule has 0 radical (unpaired) electrons. The maximum Gasteiger partial charge on any atom is 0.407 e. The molecule has 1 unspecified atom stereocenters. The van der Waals surface area contributed by atoms with Gasteiger partial charge in [-0.15, -0.1) is 0 Å². The van der Waals surface area contributed by atoms with Gasteiger partial charge in [0.05, 0.1) is 0 Å². The average molecular weight is 305 g/mol. The third-order valence-corrected chi connectivity index (χ3v) is 4.22. The van der Waals surface area contributed by atoms with Gasteiger partial charge in [-0.25, -0.2) is 4.79 Å². The highest BCUT2D eigenvalue weighted by atomic mass is 16.6. The minimum absolute atomic E-state index is 0.0584. The van der Waals surface area contributed by atoms with Crippen molar-refractivity contribution < 1.29 is 9.53 Å². The van der Waals surface area contributed by atoms with Crippen LogP contribution in [0.25, 0.3) is 0 Å². The molecule has 22 heavy (non-hydrogen) atoms. The number of hydrogen-bond acceptors (Lipinski definition) is 4. The van der Waals surface area contributed by atoms with E-state index in [-0.39, 0.29) is 12.2 Å². The molecule has 0 bridgehead atoms. The van der Waals surface area contributed by atoms with Crippen molar-refractivity contribution in [1.29, 1.82) is 0 Å². The van der Waals surface area contributed by atoms with Crippen LogP contribution in [0.2, 0.25) is 0 Å². The van der Waals surface area contributed by atoms with Crippen LogP contribution in [0.5, 0.6) is 0 Å². The number of rotatable bonds is 6. The van der Waals surface area contributed by atoms with Gasteiger partial charge in [0.25, 0.3) is 0 Å². The third-order valence-electron chi connectivity index (χ3n) is 4.22. The fraction of sp³-hybridized carbons (Fsp3) is 0.588. The van der Waals surface area contributed by atoms with E-state index in [1.54, 1.807) is 0 Å². The van der Waals surface area contributed by atoms with Crippen LogP contribution in [0.3, 0.4) is 0 Å². The summed E-state index contributed by atoms with van der Waals surface area (Å²) in [5, 5.41) is 6.13. The zero-order chi connectivity index (χ0) is 15.9. The maximum absolute atomic E-state index is 12.0. The number of carbonyl (C=O) groups is 1. The summed E-state index contributed by atoms with van der Waals surface area (Å²) in [4.78, 5) is 14.3. The summed E-state index contributed by atoms with van der Waals surface area (Å²) in [5.74, 6) is 0.342. The highest BCUT2D eigenvalue weighted by Gasteiger charge is 2.31. The molecule has 1 amide bonds. The molecule has 1 heterocycles. The van der Waals surface area contributed by atoms with Crippen molar-refractivity contribution in [3.8, 4) is 0 Å². The van der Waals surface area contributed by atoms with Crippen molar-refractivity contribution in [3.05, 3.63) is 35.9 Å². The molecule has 1 aliphatic heterocycles. The predicted molar refractivity (Wildman–Crippen MR) is 87.7 cm³/mol. The van der Waals surface area contributed by atoms with Crippen LogP contribution in [0.15, 0.2) is 30.3 Å². The van der Waals surface area contributed by atoms with Crippen LogP contribution < -0.4 is 10.6 Å². The summed E-state index contributed by atoms with van der Waals surface area (Å²) in [6.07, 6.45) is -0.397. The fourth-order valence-electron chi connectivity index (χ4n) is 2.56. The van der Waals surface area contributed by atoms with Gasteiger partial charge in [-0.3, -0.25) is 0 Å². The molecule has 0 aliphatic carbocycles. The molecule has 2 rings (SSSR count). The number of benzene rings is 1. The van der Waals surface area contributed by atoms with Crippen molar-refractivity contribution in [2.75, 3.05) is 26.7 Å². The van der Waals surface area contributed by atoms with E-state index in [0.717, 1.165) is 25.2 Å². The monoisotopic (exact) mass is 305 g/mol. The number of hydrogen-bond donors (Lipinski definition) is 2. The predicted octanol–water partition coefficient (Wildman–Crippen LogP) is 1.84. The second-order valence-electron chi connectivity index (χ2n) is 6.23. The van der Waals surface area contributed by atoms with Crippen molar-refractivity contribution in [2.45, 2.75) is 32.5 Å². The van der Waals surface area contributed by atoms with E-state index < -0.39 is 0 Å². The number of ether oxygens (including phenoxy) is 1. The van der Waals surface area contributed by atoms with Gasteiger partial charge in [0.15, 0.2) is 0 Å². The Morgan fingerprint density at radius 3 is 2.77 bits per heavy atom. The third kappa shape index (κ3) is 5.00. The highest BCUT2D eigenvalue weighted by Crippen LogP contribution is 2.15. The first-order valence-electron chi connectivity index (χ1n) is 7.95. The summed E-state index contributed by atoms with van der Waals surface area (Å²) < 4.78 is 5.59. The number of amides is 1. The van der Waals surface area contributed by atoms with Crippen LogP contribution in [-0.4, -0.2) is 49.8 Å². The lowest BCUT2D eigenvalue weighted by Gasteiger charge is -2.27. The Balaban J connectivity index is 1.77. The Kier molecular flexibility index (Phi) is 6.21. The molecular formula is C17H27N3O2. The van der Waals surface area contributed by atoms with Crippen molar-refractivity contribution in [1.82, 2.24) is 15.5 Å². The summed E-state index contributed by atoms with van der Waals surface area (Å²) >= 11 is 0. The van der Waals surface area contributed by atoms with Crippen LogP contribution in [0, 0.1) is 5.92 Å². The van der Waals surface area contributed by atoms with Gasteiger partial charge < -0.3 is 20.3 Å². The normalized spacial score (nSPS) is 21.3. The molecule has 1 aromatic rings. The molecular weight excluding hydrogens is 278 g/mol. The molecule has 2 N–H and O–H groups in total. The van der Waals surface area contributed by atoms with Gasteiger partial charge in [0.1, 0.15) is 6.10 Å². The van der Waals surface area contributed by atoms with E-state index in [4.69, 9.17) is 4.74 Å².